The van der Waals surface area contributed by atoms with Gasteiger partial charge in [0.2, 0.25) is 5.88 Å². The van der Waals surface area contributed by atoms with Crippen molar-refractivity contribution in [1.82, 2.24) is 19.8 Å². The Labute approximate surface area is 189 Å². The van der Waals surface area contributed by atoms with E-state index in [1.165, 1.54) is 7.11 Å². The highest BCUT2D eigenvalue weighted by molar-refractivity contribution is 5.93. The number of nitrogens with zero attached hydrogens (tertiary/aromatic N) is 3. The van der Waals surface area contributed by atoms with Crippen molar-refractivity contribution in [3.05, 3.63) is 83.3 Å². The number of likely N-dealkylation sites (N-methyl/N-ethyl adjacent to an activating group) is 1. The zero-order valence-electron chi connectivity index (χ0n) is 19.0. The Bertz CT molecular complexity index is 1060. The van der Waals surface area contributed by atoms with Gasteiger partial charge in [0, 0.05) is 38.9 Å². The zero-order chi connectivity index (χ0) is 23.1. The monoisotopic (exact) mass is 434 g/mol. The molecule has 0 aliphatic rings. The lowest BCUT2D eigenvalue weighted by atomic mass is 10.0. The normalized spacial score (nSPS) is 11.6. The molecule has 0 spiro atoms. The van der Waals surface area contributed by atoms with E-state index in [-0.39, 0.29) is 17.9 Å². The smallest absolute Gasteiger partial charge is 0.272 e. The fourth-order valence-electron chi connectivity index (χ4n) is 3.65. The largest absolute Gasteiger partial charge is 0.481 e. The average molecular weight is 435 g/mol. The Morgan fingerprint density at radius 1 is 1.16 bits per heavy atom. The SMILES string of the molecule is COc1cc(C)cc(C(=O)N(C)C(CCNC(=O)c2cccn2C)Cc2ccccc2)n1. The van der Waals surface area contributed by atoms with Crippen LogP contribution in [0.25, 0.3) is 0 Å². The predicted molar refractivity (Wildman–Crippen MR) is 124 cm³/mol. The minimum atomic E-state index is -0.179. The van der Waals surface area contributed by atoms with Crippen molar-refractivity contribution in [1.29, 1.82) is 0 Å². The first kappa shape index (κ1) is 23.1. The summed E-state index contributed by atoms with van der Waals surface area (Å²) in [5.41, 5.74) is 2.98. The third-order valence-electron chi connectivity index (χ3n) is 5.50. The third kappa shape index (κ3) is 5.75. The lowest BCUT2D eigenvalue weighted by Gasteiger charge is -2.28. The predicted octanol–water partition coefficient (Wildman–Crippen LogP) is 3.24. The summed E-state index contributed by atoms with van der Waals surface area (Å²) in [5.74, 6) is 0.105. The summed E-state index contributed by atoms with van der Waals surface area (Å²) in [6.45, 7) is 2.35. The first-order chi connectivity index (χ1) is 15.4. The van der Waals surface area contributed by atoms with Crippen LogP contribution in [0.3, 0.4) is 0 Å². The van der Waals surface area contributed by atoms with E-state index in [1.54, 1.807) is 34.7 Å². The van der Waals surface area contributed by atoms with E-state index in [1.807, 2.05) is 56.6 Å². The number of amides is 2. The quantitative estimate of drug-likeness (QED) is 0.561. The van der Waals surface area contributed by atoms with Crippen molar-refractivity contribution in [2.24, 2.45) is 7.05 Å². The molecule has 3 rings (SSSR count). The number of nitrogens with one attached hydrogen (secondary N) is 1. The summed E-state index contributed by atoms with van der Waals surface area (Å²) in [4.78, 5) is 31.7. The minimum Gasteiger partial charge on any atom is -0.481 e. The fourth-order valence-corrected chi connectivity index (χ4v) is 3.65. The van der Waals surface area contributed by atoms with Crippen molar-refractivity contribution in [3.8, 4) is 5.88 Å². The van der Waals surface area contributed by atoms with Gasteiger partial charge in [-0.05, 0) is 49.1 Å². The van der Waals surface area contributed by atoms with Gasteiger partial charge in [-0.1, -0.05) is 30.3 Å². The molecular weight excluding hydrogens is 404 g/mol. The second kappa shape index (κ2) is 10.6. The van der Waals surface area contributed by atoms with Gasteiger partial charge in [-0.15, -0.1) is 0 Å². The van der Waals surface area contributed by atoms with Gasteiger partial charge < -0.3 is 19.5 Å². The number of ether oxygens (including phenoxy) is 1. The van der Waals surface area contributed by atoms with Crippen LogP contribution in [0, 0.1) is 6.92 Å². The van der Waals surface area contributed by atoms with Crippen molar-refractivity contribution >= 4 is 11.8 Å². The van der Waals surface area contributed by atoms with E-state index < -0.39 is 0 Å². The summed E-state index contributed by atoms with van der Waals surface area (Å²) in [6, 6.07) is 17.1. The summed E-state index contributed by atoms with van der Waals surface area (Å²) < 4.78 is 7.01. The number of hydrogen-bond acceptors (Lipinski definition) is 4. The number of benzene rings is 1. The second-order valence-electron chi connectivity index (χ2n) is 7.88. The molecular formula is C25H30N4O3. The highest BCUT2D eigenvalue weighted by atomic mass is 16.5. The molecule has 2 heterocycles. The zero-order valence-corrected chi connectivity index (χ0v) is 19.0. The van der Waals surface area contributed by atoms with Crippen LogP contribution in [0.4, 0.5) is 0 Å². The number of methoxy groups -OCH3 is 1. The number of carbonyl (C=O) groups is 2. The summed E-state index contributed by atoms with van der Waals surface area (Å²) in [6.07, 6.45) is 3.12. The van der Waals surface area contributed by atoms with E-state index >= 15 is 0 Å². The van der Waals surface area contributed by atoms with Gasteiger partial charge in [-0.25, -0.2) is 4.98 Å². The maximum absolute atomic E-state index is 13.2. The van der Waals surface area contributed by atoms with E-state index in [0.717, 1.165) is 11.1 Å². The topological polar surface area (TPSA) is 76.5 Å². The highest BCUT2D eigenvalue weighted by Gasteiger charge is 2.23. The molecule has 0 saturated heterocycles. The van der Waals surface area contributed by atoms with Gasteiger partial charge in [0.15, 0.2) is 0 Å². The Morgan fingerprint density at radius 3 is 2.56 bits per heavy atom. The van der Waals surface area contributed by atoms with Gasteiger partial charge in [0.05, 0.1) is 7.11 Å². The molecule has 0 bridgehead atoms. The number of rotatable bonds is 9. The molecule has 7 nitrogen and oxygen atoms in total. The molecule has 2 amide bonds. The van der Waals surface area contributed by atoms with Crippen LogP contribution in [-0.4, -0.2) is 53.0 Å². The maximum atomic E-state index is 13.2. The van der Waals surface area contributed by atoms with Gasteiger partial charge in [-0.3, -0.25) is 9.59 Å². The first-order valence-corrected chi connectivity index (χ1v) is 10.6. The Hall–Kier alpha value is -3.61. The van der Waals surface area contributed by atoms with Crippen LogP contribution in [0.1, 0.15) is 38.5 Å². The number of aromatic nitrogens is 2. The van der Waals surface area contributed by atoms with E-state index in [2.05, 4.69) is 10.3 Å². The molecule has 0 fully saturated rings. The molecule has 0 saturated carbocycles. The number of carbonyl (C=O) groups excluding carboxylic acids is 2. The summed E-state index contributed by atoms with van der Waals surface area (Å²) in [7, 11) is 5.15. The van der Waals surface area contributed by atoms with Crippen molar-refractivity contribution in [2.75, 3.05) is 20.7 Å². The molecule has 3 aromatic rings. The first-order valence-electron chi connectivity index (χ1n) is 10.6. The molecule has 7 heteroatoms. The van der Waals surface area contributed by atoms with Crippen LogP contribution in [-0.2, 0) is 13.5 Å². The van der Waals surface area contributed by atoms with E-state index in [9.17, 15) is 9.59 Å². The van der Waals surface area contributed by atoms with Crippen LogP contribution >= 0.6 is 0 Å². The van der Waals surface area contributed by atoms with Gasteiger partial charge >= 0.3 is 0 Å². The average Bonchev–Trinajstić information content (AvgIpc) is 3.23. The maximum Gasteiger partial charge on any atom is 0.272 e. The van der Waals surface area contributed by atoms with Gasteiger partial charge in [-0.2, -0.15) is 0 Å². The molecule has 1 aromatic carbocycles. The molecule has 32 heavy (non-hydrogen) atoms. The van der Waals surface area contributed by atoms with E-state index in [0.29, 0.717) is 36.7 Å². The Kier molecular flexibility index (Phi) is 7.65. The molecule has 2 aromatic heterocycles. The van der Waals surface area contributed by atoms with Crippen molar-refractivity contribution in [2.45, 2.75) is 25.8 Å². The van der Waals surface area contributed by atoms with E-state index in [4.69, 9.17) is 4.74 Å². The summed E-state index contributed by atoms with van der Waals surface area (Å²) in [5, 5.41) is 2.97. The third-order valence-corrected chi connectivity index (χ3v) is 5.50. The molecule has 168 valence electrons. The molecule has 1 atom stereocenters. The highest BCUT2D eigenvalue weighted by Crippen LogP contribution is 2.17. The lowest BCUT2D eigenvalue weighted by Crippen LogP contribution is -2.41. The molecule has 0 radical (unpaired) electrons. The summed E-state index contributed by atoms with van der Waals surface area (Å²) >= 11 is 0. The number of hydrogen-bond donors (Lipinski definition) is 1. The standard InChI is InChI=1S/C25H30N4O3/c1-18-15-21(27-23(16-18)32-4)25(31)29(3)20(17-19-9-6-5-7-10-19)12-13-26-24(30)22-11-8-14-28(22)2/h5-11,14-16,20H,12-13,17H2,1-4H3,(H,26,30). The second-order valence-corrected chi connectivity index (χ2v) is 7.88. The van der Waals surface area contributed by atoms with Crippen LogP contribution in [0.15, 0.2) is 60.8 Å². The molecule has 0 aliphatic heterocycles. The molecule has 1 N–H and O–H groups in total. The minimum absolute atomic E-state index is 0.119. The van der Waals surface area contributed by atoms with Crippen molar-refractivity contribution in [3.63, 3.8) is 0 Å². The molecule has 0 aliphatic carbocycles. The van der Waals surface area contributed by atoms with Gasteiger partial charge in [0.25, 0.3) is 11.8 Å². The van der Waals surface area contributed by atoms with Crippen LogP contribution in [0.2, 0.25) is 0 Å². The molecule has 1 unspecified atom stereocenters. The Balaban J connectivity index is 1.74. The Morgan fingerprint density at radius 2 is 1.91 bits per heavy atom. The fraction of sp³-hybridized carbons (Fsp3) is 0.320. The number of aryl methyl sites for hydroxylation is 2. The van der Waals surface area contributed by atoms with Crippen LogP contribution < -0.4 is 10.1 Å². The lowest BCUT2D eigenvalue weighted by molar-refractivity contribution is 0.0715. The van der Waals surface area contributed by atoms with Crippen molar-refractivity contribution < 1.29 is 14.3 Å². The van der Waals surface area contributed by atoms with Crippen LogP contribution in [0.5, 0.6) is 5.88 Å². The number of pyridine rings is 1. The van der Waals surface area contributed by atoms with Gasteiger partial charge in [0.1, 0.15) is 11.4 Å².